The van der Waals surface area contributed by atoms with E-state index in [1.807, 2.05) is 0 Å². The number of nitrogens with zero attached hydrogens (tertiary/aromatic N) is 4. The molecule has 0 bridgehead atoms. The Morgan fingerprint density at radius 2 is 2.30 bits per heavy atom. The van der Waals surface area contributed by atoms with E-state index in [2.05, 4.69) is 35.4 Å². The summed E-state index contributed by atoms with van der Waals surface area (Å²) in [5, 5.41) is 8.28. The first-order chi connectivity index (χ1) is 10.9. The summed E-state index contributed by atoms with van der Waals surface area (Å²) in [6.07, 6.45) is -2.24. The van der Waals surface area contributed by atoms with Crippen molar-refractivity contribution in [2.24, 2.45) is 0 Å². The fourth-order valence-corrected chi connectivity index (χ4v) is 4.20. The van der Waals surface area contributed by atoms with E-state index in [1.54, 1.807) is 0 Å². The second-order valence-electron chi connectivity index (χ2n) is 5.09. The first kappa shape index (κ1) is 15.4. The number of nitrogen functional groups attached to an aromatic ring is 1. The van der Waals surface area contributed by atoms with Gasteiger partial charge in [0.2, 0.25) is 12.3 Å². The summed E-state index contributed by atoms with van der Waals surface area (Å²) in [5.74, 6) is 0.190. The normalized spacial score (nSPS) is 37.2. The third kappa shape index (κ3) is 2.38. The summed E-state index contributed by atoms with van der Waals surface area (Å²) in [6, 6.07) is 0. The number of rotatable bonds is 1. The van der Waals surface area contributed by atoms with Gasteiger partial charge in [0, 0.05) is 0 Å². The molecule has 4 N–H and O–H groups in total. The van der Waals surface area contributed by atoms with Crippen molar-refractivity contribution in [2.75, 3.05) is 12.3 Å². The van der Waals surface area contributed by atoms with Crippen LogP contribution in [0.1, 0.15) is 6.23 Å². The highest BCUT2D eigenvalue weighted by molar-refractivity contribution is 9.10. The quantitative estimate of drug-likeness (QED) is 0.356. The molecular weight excluding hydrogens is 397 g/mol. The van der Waals surface area contributed by atoms with Gasteiger partial charge in [-0.25, -0.2) is 15.0 Å². The molecule has 4 heterocycles. The standard InChI is InChI=1S/C10H11BrN5O6P/c11-10-15-4-7(12)13-2-14-8(4)16(10)9-5(17)6-3(21-9)1-20-23(18,19)22-6/h2-3,5-6,9,17H,1H2,(H,18,19)(H2,12,13,14)/t3?,5?,6-,9?/m0/s1. The Morgan fingerprint density at radius 3 is 3.09 bits per heavy atom. The van der Waals surface area contributed by atoms with E-state index in [4.69, 9.17) is 20.1 Å². The zero-order chi connectivity index (χ0) is 16.4. The largest absolute Gasteiger partial charge is 0.756 e. The maximum absolute atomic E-state index is 11.4. The number of anilines is 1. The van der Waals surface area contributed by atoms with Crippen LogP contribution < -0.4 is 10.6 Å². The molecule has 0 saturated carbocycles. The van der Waals surface area contributed by atoms with Crippen LogP contribution in [0.15, 0.2) is 11.1 Å². The SMILES string of the molecule is Nc1ncnc2c1nc(Br)n2C1OC2COP(=O)([O-])O[C@@H]2C1[OH2+]. The van der Waals surface area contributed by atoms with Crippen molar-refractivity contribution < 1.29 is 28.3 Å². The minimum Gasteiger partial charge on any atom is -0.756 e. The molecule has 2 aliphatic heterocycles. The number of halogens is 1. The number of phosphoric ester groups is 1. The first-order valence-corrected chi connectivity index (χ1v) is 8.77. The fourth-order valence-electron chi connectivity index (χ4n) is 2.69. The minimum atomic E-state index is -4.40. The molecule has 4 rings (SSSR count). The smallest absolute Gasteiger partial charge is 0.268 e. The molecule has 2 aliphatic rings. The highest BCUT2D eigenvalue weighted by Crippen LogP contribution is 2.50. The second kappa shape index (κ2) is 5.18. The van der Waals surface area contributed by atoms with Crippen molar-refractivity contribution in [3.8, 4) is 0 Å². The van der Waals surface area contributed by atoms with Crippen LogP contribution in [0.4, 0.5) is 5.82 Å². The Kier molecular flexibility index (Phi) is 3.47. The van der Waals surface area contributed by atoms with Crippen molar-refractivity contribution in [3.63, 3.8) is 0 Å². The topological polar surface area (TPSA) is 160 Å². The number of ether oxygens (including phenoxy) is 1. The van der Waals surface area contributed by atoms with Crippen molar-refractivity contribution in [2.45, 2.75) is 24.5 Å². The lowest BCUT2D eigenvalue weighted by molar-refractivity contribution is -0.245. The van der Waals surface area contributed by atoms with Gasteiger partial charge in [0.1, 0.15) is 12.4 Å². The van der Waals surface area contributed by atoms with Crippen LogP contribution in [-0.4, -0.2) is 49.5 Å². The van der Waals surface area contributed by atoms with Crippen LogP contribution in [0, 0.1) is 0 Å². The van der Waals surface area contributed by atoms with E-state index < -0.39 is 32.4 Å². The predicted octanol–water partition coefficient (Wildman–Crippen LogP) is -0.955. The van der Waals surface area contributed by atoms with Gasteiger partial charge in [-0.15, -0.1) is 0 Å². The summed E-state index contributed by atoms with van der Waals surface area (Å²) >= 11 is 3.28. The lowest BCUT2D eigenvalue weighted by Gasteiger charge is -2.33. The predicted molar refractivity (Wildman–Crippen MR) is 77.2 cm³/mol. The average molecular weight is 408 g/mol. The van der Waals surface area contributed by atoms with Gasteiger partial charge in [-0.3, -0.25) is 9.13 Å². The lowest BCUT2D eigenvalue weighted by Crippen LogP contribution is -2.41. The lowest BCUT2D eigenvalue weighted by atomic mass is 10.1. The van der Waals surface area contributed by atoms with Crippen LogP contribution in [-0.2, 0) is 18.3 Å². The van der Waals surface area contributed by atoms with Crippen LogP contribution >= 0.6 is 23.8 Å². The third-order valence-corrected chi connectivity index (χ3v) is 5.23. The zero-order valence-corrected chi connectivity index (χ0v) is 13.8. The number of hydrogen-bond donors (Lipinski definition) is 1. The molecule has 0 amide bonds. The second-order valence-corrected chi connectivity index (χ2v) is 7.16. The molecular formula is C10H11BrN5O6P. The summed E-state index contributed by atoms with van der Waals surface area (Å²) in [5.41, 5.74) is 6.50. The zero-order valence-electron chi connectivity index (χ0n) is 11.3. The number of nitrogens with two attached hydrogens (primary N) is 1. The van der Waals surface area contributed by atoms with Crippen LogP contribution in [0.2, 0.25) is 0 Å². The van der Waals surface area contributed by atoms with Crippen molar-refractivity contribution in [1.82, 2.24) is 19.5 Å². The molecule has 11 nitrogen and oxygen atoms in total. The van der Waals surface area contributed by atoms with Crippen LogP contribution in [0.3, 0.4) is 0 Å². The van der Waals surface area contributed by atoms with Gasteiger partial charge in [0.15, 0.2) is 27.8 Å². The van der Waals surface area contributed by atoms with E-state index >= 15 is 0 Å². The Morgan fingerprint density at radius 1 is 1.52 bits per heavy atom. The van der Waals surface area contributed by atoms with Gasteiger partial charge >= 0.3 is 0 Å². The first-order valence-electron chi connectivity index (χ1n) is 6.52. The maximum Gasteiger partial charge on any atom is 0.268 e. The van der Waals surface area contributed by atoms with Gasteiger partial charge in [0.25, 0.3) is 7.82 Å². The monoisotopic (exact) mass is 407 g/mol. The van der Waals surface area contributed by atoms with Gasteiger partial charge in [-0.2, -0.15) is 0 Å². The van der Waals surface area contributed by atoms with Gasteiger partial charge in [0.05, 0.1) is 6.61 Å². The molecule has 0 spiro atoms. The molecule has 23 heavy (non-hydrogen) atoms. The Bertz CT molecular complexity index is 831. The Labute approximate surface area is 137 Å². The number of phosphoric acid groups is 1. The van der Waals surface area contributed by atoms with E-state index in [-0.39, 0.29) is 12.4 Å². The molecule has 2 saturated heterocycles. The molecule has 4 unspecified atom stereocenters. The number of aromatic nitrogens is 4. The number of imidazole rings is 1. The summed E-state index contributed by atoms with van der Waals surface area (Å²) in [4.78, 5) is 23.6. The van der Waals surface area contributed by atoms with Crippen molar-refractivity contribution in [1.29, 1.82) is 0 Å². The average Bonchev–Trinajstić information content (AvgIpc) is 2.97. The van der Waals surface area contributed by atoms with Gasteiger partial charge in [-0.05, 0) is 15.9 Å². The molecule has 124 valence electrons. The highest BCUT2D eigenvalue weighted by atomic mass is 79.9. The highest BCUT2D eigenvalue weighted by Gasteiger charge is 2.54. The van der Waals surface area contributed by atoms with Gasteiger partial charge in [-0.1, -0.05) is 0 Å². The molecule has 0 radical (unpaired) electrons. The summed E-state index contributed by atoms with van der Waals surface area (Å²) < 4.78 is 28.5. The van der Waals surface area contributed by atoms with E-state index in [1.165, 1.54) is 10.9 Å². The Hall–Kier alpha value is -1.14. The minimum absolute atomic E-state index is 0.190. The number of fused-ring (bicyclic) bond motifs is 2. The summed E-state index contributed by atoms with van der Waals surface area (Å²) in [7, 11) is -4.40. The van der Waals surface area contributed by atoms with Crippen molar-refractivity contribution >= 4 is 40.7 Å². The van der Waals surface area contributed by atoms with Gasteiger partial charge < -0.3 is 29.5 Å². The molecule has 0 aliphatic carbocycles. The molecule has 5 atom stereocenters. The Balaban J connectivity index is 1.76. The van der Waals surface area contributed by atoms with Crippen LogP contribution in [0.25, 0.3) is 11.2 Å². The van der Waals surface area contributed by atoms with E-state index in [0.717, 1.165) is 0 Å². The van der Waals surface area contributed by atoms with Crippen molar-refractivity contribution in [3.05, 3.63) is 11.1 Å². The fraction of sp³-hybridized carbons (Fsp3) is 0.500. The summed E-state index contributed by atoms with van der Waals surface area (Å²) in [6.45, 7) is -0.196. The third-order valence-electron chi connectivity index (χ3n) is 3.71. The van der Waals surface area contributed by atoms with E-state index in [9.17, 15) is 9.46 Å². The maximum atomic E-state index is 11.4. The molecule has 2 aromatic heterocycles. The molecule has 2 fully saturated rings. The number of hydrogen-bond acceptors (Lipinski definition) is 9. The molecule has 2 aromatic rings. The van der Waals surface area contributed by atoms with E-state index in [0.29, 0.717) is 15.9 Å². The van der Waals surface area contributed by atoms with Crippen LogP contribution in [0.5, 0.6) is 0 Å². The molecule has 0 aromatic carbocycles. The molecule has 13 heteroatoms.